The van der Waals surface area contributed by atoms with Crippen molar-refractivity contribution in [1.29, 1.82) is 5.26 Å². The zero-order valence-electron chi connectivity index (χ0n) is 20.3. The monoisotopic (exact) mass is 489 g/mol. The van der Waals surface area contributed by atoms with E-state index in [1.807, 2.05) is 18.7 Å². The second-order valence-electron chi connectivity index (χ2n) is 10.1. The number of nitrogens with one attached hydrogen (secondary N) is 3. The largest absolute Gasteiger partial charge is 0.378 e. The summed E-state index contributed by atoms with van der Waals surface area (Å²) < 4.78 is 20.2. The molecule has 3 saturated heterocycles. The first-order valence-electron chi connectivity index (χ1n) is 12.1. The normalized spacial score (nSPS) is 25.1. The molecule has 0 spiro atoms. The van der Waals surface area contributed by atoms with E-state index < -0.39 is 35.4 Å². The molecule has 12 heteroatoms. The maximum atomic E-state index is 14.9. The number of ether oxygens (including phenoxy) is 1. The summed E-state index contributed by atoms with van der Waals surface area (Å²) in [4.78, 5) is 21.6. The molecule has 192 valence electrons. The minimum absolute atomic E-state index is 0.0608. The zero-order valence-corrected chi connectivity index (χ0v) is 20.3. The standard InChI is InChI=1S/C23H36FN9O2/c1-23(2,13-25)14-7-29-21(30-8-14)18(20(26)27)22(34)31-17-10-28-9-16(24)19(17)33-5-3-32(4-6-33)15-11-35-12-15/h9-10,14-15,18,20-21,29-30H,3-8,11-12,26-27H2,1-2H3,(H,31,34). The lowest BCUT2D eigenvalue weighted by molar-refractivity contribution is -0.122. The Balaban J connectivity index is 1.44. The van der Waals surface area contributed by atoms with Gasteiger partial charge in [0.2, 0.25) is 5.91 Å². The minimum atomic E-state index is -0.960. The van der Waals surface area contributed by atoms with E-state index in [0.29, 0.717) is 43.6 Å². The van der Waals surface area contributed by atoms with Gasteiger partial charge in [-0.1, -0.05) is 0 Å². The molecule has 0 aromatic carbocycles. The maximum absolute atomic E-state index is 14.9. The molecule has 0 saturated carbocycles. The summed E-state index contributed by atoms with van der Waals surface area (Å²) >= 11 is 0. The van der Waals surface area contributed by atoms with Crippen LogP contribution in [0.15, 0.2) is 12.4 Å². The third-order valence-corrected chi connectivity index (χ3v) is 7.45. The molecule has 3 aliphatic rings. The number of anilines is 2. The van der Waals surface area contributed by atoms with E-state index >= 15 is 0 Å². The molecule has 1 atom stereocenters. The number of aromatic nitrogens is 1. The van der Waals surface area contributed by atoms with Crippen molar-refractivity contribution >= 4 is 17.3 Å². The molecule has 1 aromatic heterocycles. The van der Waals surface area contributed by atoms with Crippen molar-refractivity contribution in [2.24, 2.45) is 28.7 Å². The Labute approximate surface area is 205 Å². The average Bonchev–Trinajstić information content (AvgIpc) is 2.79. The molecule has 0 radical (unpaired) electrons. The Morgan fingerprint density at radius 1 is 1.26 bits per heavy atom. The Hall–Kier alpha value is -2.40. The fourth-order valence-electron chi connectivity index (χ4n) is 4.89. The van der Waals surface area contributed by atoms with E-state index in [1.165, 1.54) is 6.20 Å². The predicted molar refractivity (Wildman–Crippen MR) is 130 cm³/mol. The van der Waals surface area contributed by atoms with Crippen LogP contribution >= 0.6 is 0 Å². The van der Waals surface area contributed by atoms with Crippen LogP contribution in [-0.4, -0.2) is 86.6 Å². The van der Waals surface area contributed by atoms with Crippen LogP contribution in [0.25, 0.3) is 0 Å². The number of carbonyl (C=O) groups excluding carboxylic acids is 1. The smallest absolute Gasteiger partial charge is 0.233 e. The van der Waals surface area contributed by atoms with Gasteiger partial charge in [0.15, 0.2) is 5.82 Å². The Morgan fingerprint density at radius 2 is 1.91 bits per heavy atom. The number of carbonyl (C=O) groups is 1. The van der Waals surface area contributed by atoms with E-state index in [-0.39, 0.29) is 5.92 Å². The highest BCUT2D eigenvalue weighted by molar-refractivity contribution is 5.96. The summed E-state index contributed by atoms with van der Waals surface area (Å²) in [6, 6.07) is 2.76. The van der Waals surface area contributed by atoms with Crippen molar-refractivity contribution in [3.8, 4) is 6.07 Å². The van der Waals surface area contributed by atoms with Gasteiger partial charge in [-0.15, -0.1) is 0 Å². The molecule has 1 unspecified atom stereocenters. The van der Waals surface area contributed by atoms with Crippen molar-refractivity contribution in [2.75, 3.05) is 62.7 Å². The summed E-state index contributed by atoms with van der Waals surface area (Å²) in [5, 5.41) is 18.8. The molecule has 3 aliphatic heterocycles. The van der Waals surface area contributed by atoms with Crippen molar-refractivity contribution in [1.82, 2.24) is 20.5 Å². The Kier molecular flexibility index (Phi) is 7.85. The highest BCUT2D eigenvalue weighted by atomic mass is 19.1. The van der Waals surface area contributed by atoms with Crippen LogP contribution in [-0.2, 0) is 9.53 Å². The molecule has 0 aliphatic carbocycles. The molecule has 3 fully saturated rings. The summed E-state index contributed by atoms with van der Waals surface area (Å²) in [7, 11) is 0. The lowest BCUT2D eigenvalue weighted by Crippen LogP contribution is -2.65. The number of rotatable bonds is 7. The van der Waals surface area contributed by atoms with Crippen LogP contribution in [0.2, 0.25) is 0 Å². The number of nitrogens with zero attached hydrogens (tertiary/aromatic N) is 4. The molecular weight excluding hydrogens is 453 g/mol. The fraction of sp³-hybridized carbons (Fsp3) is 0.696. The maximum Gasteiger partial charge on any atom is 0.233 e. The molecular formula is C23H36FN9O2. The van der Waals surface area contributed by atoms with E-state index in [4.69, 9.17) is 16.2 Å². The van der Waals surface area contributed by atoms with Crippen LogP contribution in [0, 0.1) is 34.4 Å². The van der Waals surface area contributed by atoms with Gasteiger partial charge < -0.3 is 37.1 Å². The van der Waals surface area contributed by atoms with Gasteiger partial charge in [0.25, 0.3) is 0 Å². The van der Waals surface area contributed by atoms with E-state index in [9.17, 15) is 14.4 Å². The van der Waals surface area contributed by atoms with Crippen LogP contribution in [0.4, 0.5) is 15.8 Å². The second kappa shape index (κ2) is 10.7. The minimum Gasteiger partial charge on any atom is -0.378 e. The average molecular weight is 490 g/mol. The number of piperazine rings is 1. The van der Waals surface area contributed by atoms with E-state index in [1.54, 1.807) is 0 Å². The van der Waals surface area contributed by atoms with Gasteiger partial charge in [-0.2, -0.15) is 5.26 Å². The number of pyridine rings is 1. The van der Waals surface area contributed by atoms with Crippen molar-refractivity contribution in [2.45, 2.75) is 32.2 Å². The zero-order chi connectivity index (χ0) is 25.2. The molecule has 1 amide bonds. The van der Waals surface area contributed by atoms with E-state index in [0.717, 1.165) is 32.5 Å². The first-order chi connectivity index (χ1) is 16.7. The number of hydrogen-bond acceptors (Lipinski definition) is 10. The molecule has 4 heterocycles. The second-order valence-corrected chi connectivity index (χ2v) is 10.1. The van der Waals surface area contributed by atoms with Crippen LogP contribution in [0.1, 0.15) is 13.8 Å². The number of hydrogen-bond donors (Lipinski definition) is 5. The van der Waals surface area contributed by atoms with Gasteiger partial charge in [-0.25, -0.2) is 4.39 Å². The molecule has 35 heavy (non-hydrogen) atoms. The molecule has 4 rings (SSSR count). The first-order valence-corrected chi connectivity index (χ1v) is 12.1. The molecule has 0 bridgehead atoms. The molecule has 11 nitrogen and oxygen atoms in total. The van der Waals surface area contributed by atoms with Gasteiger partial charge in [0.05, 0.1) is 67.1 Å². The fourth-order valence-corrected chi connectivity index (χ4v) is 4.89. The van der Waals surface area contributed by atoms with E-state index in [2.05, 4.69) is 31.9 Å². The van der Waals surface area contributed by atoms with Crippen LogP contribution in [0.5, 0.6) is 0 Å². The predicted octanol–water partition coefficient (Wildman–Crippen LogP) is -0.775. The van der Waals surface area contributed by atoms with Crippen molar-refractivity contribution < 1.29 is 13.9 Å². The summed E-state index contributed by atoms with van der Waals surface area (Å²) in [6.45, 7) is 9.16. The molecule has 1 aromatic rings. The lowest BCUT2D eigenvalue weighted by Gasteiger charge is -2.43. The number of amides is 1. The molecule has 7 N–H and O–H groups in total. The Morgan fingerprint density at radius 3 is 2.46 bits per heavy atom. The first kappa shape index (κ1) is 25.7. The van der Waals surface area contributed by atoms with Gasteiger partial charge in [0.1, 0.15) is 5.69 Å². The summed E-state index contributed by atoms with van der Waals surface area (Å²) in [5.74, 6) is -1.69. The summed E-state index contributed by atoms with van der Waals surface area (Å²) in [5.41, 5.74) is 12.1. The topological polar surface area (TPSA) is 158 Å². The van der Waals surface area contributed by atoms with Gasteiger partial charge in [0, 0.05) is 45.2 Å². The third-order valence-electron chi connectivity index (χ3n) is 7.45. The quantitative estimate of drug-likeness (QED) is 0.308. The van der Waals surface area contributed by atoms with Crippen LogP contribution in [0.3, 0.4) is 0 Å². The highest BCUT2D eigenvalue weighted by Gasteiger charge is 2.39. The third kappa shape index (κ3) is 5.55. The van der Waals surface area contributed by atoms with Crippen molar-refractivity contribution in [3.05, 3.63) is 18.2 Å². The van der Waals surface area contributed by atoms with Gasteiger partial charge in [-0.3, -0.25) is 14.7 Å². The SMILES string of the molecule is CC(C)(C#N)C1CNC(C(C(=O)Nc2cncc(F)c2N2CCN(C3COC3)CC2)C(N)N)NC1. The van der Waals surface area contributed by atoms with Gasteiger partial charge in [-0.05, 0) is 13.8 Å². The summed E-state index contributed by atoms with van der Waals surface area (Å²) in [6.07, 6.45) is 1.16. The van der Waals surface area contributed by atoms with Crippen molar-refractivity contribution in [3.63, 3.8) is 0 Å². The number of halogens is 1. The van der Waals surface area contributed by atoms with Crippen LogP contribution < -0.4 is 32.3 Å². The lowest BCUT2D eigenvalue weighted by atomic mass is 9.78. The number of nitrogens with two attached hydrogens (primary N) is 2. The van der Waals surface area contributed by atoms with Gasteiger partial charge >= 0.3 is 0 Å². The highest BCUT2D eigenvalue weighted by Crippen LogP contribution is 2.31. The Bertz CT molecular complexity index is 933. The number of nitriles is 1.